The lowest BCUT2D eigenvalue weighted by atomic mass is 10.2. The van der Waals surface area contributed by atoms with Crippen LogP contribution in [-0.4, -0.2) is 15.9 Å². The Labute approximate surface area is 193 Å². The first-order valence-electron chi connectivity index (χ1n) is 9.05. The average molecular weight is 515 g/mol. The molecule has 0 aliphatic carbocycles. The maximum absolute atomic E-state index is 13.7. The molecule has 5 aromatic rings. The fourth-order valence-electron chi connectivity index (χ4n) is 3.16. The molecule has 4 nitrogen and oxygen atoms in total. The number of hydrogen-bond acceptors (Lipinski definition) is 5. The van der Waals surface area contributed by atoms with Crippen LogP contribution in [0.1, 0.15) is 15.4 Å². The molecule has 0 unspecified atom stereocenters. The second-order valence-electron chi connectivity index (χ2n) is 6.56. The van der Waals surface area contributed by atoms with Crippen LogP contribution in [-0.2, 0) is 6.54 Å². The molecule has 2 aromatic carbocycles. The van der Waals surface area contributed by atoms with Crippen molar-refractivity contribution in [3.63, 3.8) is 0 Å². The topological polar surface area (TPSA) is 46.1 Å². The van der Waals surface area contributed by atoms with E-state index >= 15 is 0 Å². The van der Waals surface area contributed by atoms with Crippen LogP contribution in [0.5, 0.6) is 0 Å². The Morgan fingerprint density at radius 1 is 1.03 bits per heavy atom. The third kappa shape index (κ3) is 3.63. The van der Waals surface area contributed by atoms with Gasteiger partial charge in [0, 0.05) is 20.8 Å². The molecule has 0 radical (unpaired) electrons. The highest BCUT2D eigenvalue weighted by Gasteiger charge is 2.26. The summed E-state index contributed by atoms with van der Waals surface area (Å²) in [7, 11) is 0. The van der Waals surface area contributed by atoms with E-state index in [1.807, 2.05) is 60.7 Å². The first-order valence-corrected chi connectivity index (χ1v) is 11.9. The Balaban J connectivity index is 1.62. The van der Waals surface area contributed by atoms with Crippen molar-refractivity contribution in [1.29, 1.82) is 0 Å². The molecule has 0 N–H and O–H groups in total. The predicted molar refractivity (Wildman–Crippen MR) is 129 cm³/mol. The van der Waals surface area contributed by atoms with Crippen molar-refractivity contribution in [1.82, 2.24) is 9.97 Å². The van der Waals surface area contributed by atoms with Gasteiger partial charge in [-0.1, -0.05) is 63.1 Å². The summed E-state index contributed by atoms with van der Waals surface area (Å²) in [5.41, 5.74) is 1.63. The number of benzene rings is 2. The number of rotatable bonds is 4. The molecule has 8 heteroatoms. The summed E-state index contributed by atoms with van der Waals surface area (Å²) in [6, 6.07) is 19.3. The van der Waals surface area contributed by atoms with Crippen molar-refractivity contribution in [3.8, 4) is 0 Å². The van der Waals surface area contributed by atoms with Crippen molar-refractivity contribution in [2.24, 2.45) is 0 Å². The number of aromatic nitrogens is 2. The lowest BCUT2D eigenvalue weighted by Gasteiger charge is -2.19. The van der Waals surface area contributed by atoms with Crippen molar-refractivity contribution in [3.05, 3.63) is 86.9 Å². The van der Waals surface area contributed by atoms with Crippen molar-refractivity contribution < 1.29 is 4.79 Å². The zero-order chi connectivity index (χ0) is 20.7. The molecule has 0 aliphatic rings. The van der Waals surface area contributed by atoms with Gasteiger partial charge in [0.2, 0.25) is 0 Å². The summed E-state index contributed by atoms with van der Waals surface area (Å²) in [6.45, 7) is 0.311. The van der Waals surface area contributed by atoms with Crippen LogP contribution in [0.4, 0.5) is 5.13 Å². The number of carbonyl (C=O) groups excluding carboxylic acids is 1. The third-order valence-electron chi connectivity index (χ3n) is 4.59. The maximum atomic E-state index is 13.7. The molecule has 3 heterocycles. The van der Waals surface area contributed by atoms with Crippen LogP contribution in [0, 0.1) is 0 Å². The number of carbonyl (C=O) groups is 1. The van der Waals surface area contributed by atoms with Crippen molar-refractivity contribution in [2.75, 3.05) is 4.90 Å². The van der Waals surface area contributed by atoms with E-state index in [1.165, 1.54) is 22.7 Å². The highest BCUT2D eigenvalue weighted by atomic mass is 79.9. The monoisotopic (exact) mass is 513 g/mol. The van der Waals surface area contributed by atoms with Crippen molar-refractivity contribution >= 4 is 81.5 Å². The van der Waals surface area contributed by atoms with Gasteiger partial charge in [-0.15, -0.1) is 11.3 Å². The first kappa shape index (κ1) is 19.6. The first-order chi connectivity index (χ1) is 14.6. The van der Waals surface area contributed by atoms with E-state index in [4.69, 9.17) is 16.6 Å². The van der Waals surface area contributed by atoms with Gasteiger partial charge in [-0.2, -0.15) is 0 Å². The summed E-state index contributed by atoms with van der Waals surface area (Å²) in [4.78, 5) is 25.0. The molecule has 0 saturated heterocycles. The molecule has 5 rings (SSSR count). The van der Waals surface area contributed by atoms with Crippen LogP contribution >= 0.6 is 50.2 Å². The molecule has 0 aliphatic heterocycles. The number of thiazole rings is 1. The zero-order valence-corrected chi connectivity index (χ0v) is 19.4. The fourth-order valence-corrected chi connectivity index (χ4v) is 6.13. The van der Waals surface area contributed by atoms with Gasteiger partial charge >= 0.3 is 0 Å². The highest BCUT2D eigenvalue weighted by Crippen LogP contribution is 2.38. The second-order valence-corrected chi connectivity index (χ2v) is 9.92. The Hall–Kier alpha value is -2.32. The van der Waals surface area contributed by atoms with Gasteiger partial charge in [-0.3, -0.25) is 14.7 Å². The molecular weight excluding hydrogens is 502 g/mol. The van der Waals surface area contributed by atoms with Gasteiger partial charge in [-0.25, -0.2) is 4.98 Å². The van der Waals surface area contributed by atoms with E-state index in [0.717, 1.165) is 30.5 Å². The smallest absolute Gasteiger partial charge is 0.272 e. The van der Waals surface area contributed by atoms with Crippen LogP contribution in [0.3, 0.4) is 0 Å². The largest absolute Gasteiger partial charge is 0.277 e. The molecule has 0 saturated carbocycles. The number of pyridine rings is 1. The predicted octanol–water partition coefficient (Wildman–Crippen LogP) is 7.17. The van der Waals surface area contributed by atoms with Gasteiger partial charge in [0.25, 0.3) is 5.91 Å². The second kappa shape index (κ2) is 8.07. The van der Waals surface area contributed by atoms with Gasteiger partial charge < -0.3 is 0 Å². The molecule has 148 valence electrons. The van der Waals surface area contributed by atoms with Gasteiger partial charge in [0.15, 0.2) is 5.13 Å². The minimum atomic E-state index is -0.176. The van der Waals surface area contributed by atoms with E-state index in [2.05, 4.69) is 20.9 Å². The Bertz CT molecular complexity index is 1380. The molecular formula is C22H13BrClN3OS2. The summed E-state index contributed by atoms with van der Waals surface area (Å²) >= 11 is 13.0. The maximum Gasteiger partial charge on any atom is 0.272 e. The molecule has 0 fully saturated rings. The summed E-state index contributed by atoms with van der Waals surface area (Å²) < 4.78 is 2.96. The van der Waals surface area contributed by atoms with E-state index in [1.54, 1.807) is 11.1 Å². The van der Waals surface area contributed by atoms with E-state index < -0.39 is 0 Å². The standard InChI is InChI=1S/C22H13BrClN3OS2/c23-13-8-9-16-18(11-13)30-22(26-16)27(12-14-5-3-4-10-25-14)21(28)20-19(24)15-6-1-2-7-17(15)29-20/h1-11H,12H2. The number of fused-ring (bicyclic) bond motifs is 2. The van der Waals surface area contributed by atoms with E-state index in [-0.39, 0.29) is 5.91 Å². The number of anilines is 1. The lowest BCUT2D eigenvalue weighted by molar-refractivity contribution is 0.0989. The number of thiophene rings is 1. The SMILES string of the molecule is O=C(c1sc2ccccc2c1Cl)N(Cc1ccccn1)c1nc2ccc(Br)cc2s1. The quantitative estimate of drug-likeness (QED) is 0.255. The van der Waals surface area contributed by atoms with E-state index in [0.29, 0.717) is 21.6 Å². The minimum absolute atomic E-state index is 0.176. The van der Waals surface area contributed by atoms with Crippen LogP contribution < -0.4 is 4.90 Å². The number of hydrogen-bond donors (Lipinski definition) is 0. The van der Waals surface area contributed by atoms with Gasteiger partial charge in [-0.05, 0) is 36.4 Å². The molecule has 3 aromatic heterocycles. The normalized spacial score (nSPS) is 11.3. The minimum Gasteiger partial charge on any atom is -0.277 e. The van der Waals surface area contributed by atoms with Crippen molar-refractivity contribution in [2.45, 2.75) is 6.54 Å². The summed E-state index contributed by atoms with van der Waals surface area (Å²) in [5.74, 6) is -0.176. The fraction of sp³-hybridized carbons (Fsp3) is 0.0455. The summed E-state index contributed by atoms with van der Waals surface area (Å²) in [6.07, 6.45) is 1.72. The van der Waals surface area contributed by atoms with E-state index in [9.17, 15) is 4.79 Å². The van der Waals surface area contributed by atoms with Crippen LogP contribution in [0.25, 0.3) is 20.3 Å². The lowest BCUT2D eigenvalue weighted by Crippen LogP contribution is -2.30. The van der Waals surface area contributed by atoms with Gasteiger partial charge in [0.05, 0.1) is 27.5 Å². The molecule has 0 bridgehead atoms. The number of nitrogens with zero attached hydrogens (tertiary/aromatic N) is 3. The Kier molecular flexibility index (Phi) is 5.28. The summed E-state index contributed by atoms with van der Waals surface area (Å²) in [5, 5.41) is 1.99. The zero-order valence-electron chi connectivity index (χ0n) is 15.4. The van der Waals surface area contributed by atoms with Crippen LogP contribution in [0.15, 0.2) is 71.3 Å². The molecule has 0 spiro atoms. The molecule has 30 heavy (non-hydrogen) atoms. The molecule has 1 amide bonds. The average Bonchev–Trinajstić information content (AvgIpc) is 3.33. The Morgan fingerprint density at radius 3 is 2.67 bits per heavy atom. The molecule has 0 atom stereocenters. The highest BCUT2D eigenvalue weighted by molar-refractivity contribution is 9.10. The number of halogens is 2. The van der Waals surface area contributed by atoms with Crippen LogP contribution in [0.2, 0.25) is 5.02 Å². The Morgan fingerprint density at radius 2 is 1.87 bits per heavy atom. The third-order valence-corrected chi connectivity index (χ3v) is 7.79. The number of amides is 1. The van der Waals surface area contributed by atoms with Gasteiger partial charge in [0.1, 0.15) is 4.88 Å².